The van der Waals surface area contributed by atoms with Gasteiger partial charge >= 0.3 is 0 Å². The fourth-order valence-electron chi connectivity index (χ4n) is 3.63. The van der Waals surface area contributed by atoms with Crippen LogP contribution in [0.15, 0.2) is 66.7 Å². The summed E-state index contributed by atoms with van der Waals surface area (Å²) in [7, 11) is 0. The van der Waals surface area contributed by atoms with Crippen LogP contribution in [0.2, 0.25) is 15.1 Å². The van der Waals surface area contributed by atoms with E-state index in [1.165, 1.54) is 4.90 Å². The number of hydrogen-bond acceptors (Lipinski definition) is 3. The normalized spacial score (nSPS) is 11.6. The maximum atomic E-state index is 13.5. The number of nitrogens with one attached hydrogen (secondary N) is 1. The maximum Gasteiger partial charge on any atom is 0.261 e. The SMILES string of the molecule is CCNC(=O)C(Cc1ccccc1)N(Cc1c(Cl)cccc1Cl)C(=O)COc1ccc(Cl)c(C)c1. The molecular formula is C27H27Cl3N2O3. The Morgan fingerprint density at radius 1 is 0.943 bits per heavy atom. The molecule has 3 aromatic rings. The van der Waals surface area contributed by atoms with E-state index < -0.39 is 6.04 Å². The van der Waals surface area contributed by atoms with Gasteiger partial charge in [-0.1, -0.05) is 71.2 Å². The minimum Gasteiger partial charge on any atom is -0.484 e. The minimum absolute atomic E-state index is 0.0506. The van der Waals surface area contributed by atoms with E-state index in [0.717, 1.165) is 11.1 Å². The Labute approximate surface area is 220 Å². The fourth-order valence-corrected chi connectivity index (χ4v) is 4.27. The number of carbonyl (C=O) groups is 2. The zero-order valence-electron chi connectivity index (χ0n) is 19.6. The molecule has 0 aromatic heterocycles. The molecule has 184 valence electrons. The second-order valence-electron chi connectivity index (χ2n) is 8.02. The molecule has 35 heavy (non-hydrogen) atoms. The molecule has 8 heteroatoms. The van der Waals surface area contributed by atoms with E-state index in [-0.39, 0.29) is 25.0 Å². The first-order valence-corrected chi connectivity index (χ1v) is 12.4. The van der Waals surface area contributed by atoms with Crippen molar-refractivity contribution in [3.8, 4) is 5.75 Å². The highest BCUT2D eigenvalue weighted by atomic mass is 35.5. The molecule has 3 aromatic carbocycles. The maximum absolute atomic E-state index is 13.5. The van der Waals surface area contributed by atoms with Gasteiger partial charge < -0.3 is 15.0 Å². The Kier molecular flexibility index (Phi) is 9.84. The number of halogens is 3. The smallest absolute Gasteiger partial charge is 0.261 e. The molecule has 0 aliphatic carbocycles. The standard InChI is InChI=1S/C27H27Cl3N2O3/c1-3-31-27(34)25(15-19-8-5-4-6-9-19)32(16-21-23(29)10-7-11-24(21)30)26(33)17-35-20-12-13-22(28)18(2)14-20/h4-14,25H,3,15-17H2,1-2H3,(H,31,34). The molecule has 0 saturated carbocycles. The van der Waals surface area contributed by atoms with E-state index >= 15 is 0 Å². The molecule has 3 rings (SSSR count). The lowest BCUT2D eigenvalue weighted by Crippen LogP contribution is -2.51. The van der Waals surface area contributed by atoms with E-state index in [1.807, 2.05) is 44.2 Å². The van der Waals surface area contributed by atoms with E-state index in [9.17, 15) is 9.59 Å². The number of carbonyl (C=O) groups excluding carboxylic acids is 2. The number of benzene rings is 3. The Morgan fingerprint density at radius 2 is 1.63 bits per heavy atom. The van der Waals surface area contributed by atoms with Crippen molar-refractivity contribution in [1.82, 2.24) is 10.2 Å². The van der Waals surface area contributed by atoms with Gasteiger partial charge in [-0.05, 0) is 55.3 Å². The summed E-state index contributed by atoms with van der Waals surface area (Å²) in [4.78, 5) is 28.2. The van der Waals surface area contributed by atoms with Gasteiger partial charge in [-0.25, -0.2) is 0 Å². The van der Waals surface area contributed by atoms with Crippen LogP contribution in [0.25, 0.3) is 0 Å². The molecule has 0 aliphatic heterocycles. The van der Waals surface area contributed by atoms with Gasteiger partial charge in [-0.3, -0.25) is 9.59 Å². The lowest BCUT2D eigenvalue weighted by molar-refractivity contribution is -0.142. The van der Waals surface area contributed by atoms with Crippen LogP contribution in [0, 0.1) is 6.92 Å². The summed E-state index contributed by atoms with van der Waals surface area (Å²) >= 11 is 18.9. The molecule has 2 amide bonds. The Balaban J connectivity index is 1.94. The van der Waals surface area contributed by atoms with Gasteiger partial charge in [0.2, 0.25) is 5.91 Å². The molecule has 5 nitrogen and oxygen atoms in total. The predicted octanol–water partition coefficient (Wildman–Crippen LogP) is 6.11. The molecule has 0 spiro atoms. The van der Waals surface area contributed by atoms with Crippen LogP contribution >= 0.6 is 34.8 Å². The first-order chi connectivity index (χ1) is 16.8. The van der Waals surface area contributed by atoms with Crippen molar-refractivity contribution >= 4 is 46.6 Å². The van der Waals surface area contributed by atoms with Crippen LogP contribution in [0.4, 0.5) is 0 Å². The zero-order valence-corrected chi connectivity index (χ0v) is 21.8. The lowest BCUT2D eigenvalue weighted by Gasteiger charge is -2.32. The molecule has 1 unspecified atom stereocenters. The van der Waals surface area contributed by atoms with E-state index in [1.54, 1.807) is 36.4 Å². The van der Waals surface area contributed by atoms with Gasteiger partial charge in [-0.15, -0.1) is 0 Å². The van der Waals surface area contributed by atoms with Crippen molar-refractivity contribution in [2.45, 2.75) is 32.9 Å². The summed E-state index contributed by atoms with van der Waals surface area (Å²) < 4.78 is 5.78. The average Bonchev–Trinajstić information content (AvgIpc) is 2.84. The molecule has 0 bridgehead atoms. The molecule has 1 atom stereocenters. The predicted molar refractivity (Wildman–Crippen MR) is 141 cm³/mol. The van der Waals surface area contributed by atoms with E-state index in [2.05, 4.69) is 5.32 Å². The second kappa shape index (κ2) is 12.8. The first kappa shape index (κ1) is 26.9. The summed E-state index contributed by atoms with van der Waals surface area (Å²) in [6.07, 6.45) is 0.320. The summed E-state index contributed by atoms with van der Waals surface area (Å²) in [5.41, 5.74) is 2.32. The third kappa shape index (κ3) is 7.38. The van der Waals surface area contributed by atoms with Crippen LogP contribution < -0.4 is 10.1 Å². The van der Waals surface area contributed by atoms with Gasteiger partial charge in [0.05, 0.1) is 0 Å². The zero-order chi connectivity index (χ0) is 25.4. The molecule has 1 N–H and O–H groups in total. The third-order valence-electron chi connectivity index (χ3n) is 5.50. The van der Waals surface area contributed by atoms with Crippen molar-refractivity contribution in [1.29, 1.82) is 0 Å². The molecular weight excluding hydrogens is 507 g/mol. The number of hydrogen-bond donors (Lipinski definition) is 1. The summed E-state index contributed by atoms with van der Waals surface area (Å²) in [6.45, 7) is 3.90. The van der Waals surface area contributed by atoms with Gasteiger partial charge in [0.15, 0.2) is 6.61 Å². The molecule has 0 aliphatic rings. The summed E-state index contributed by atoms with van der Waals surface area (Å²) in [5.74, 6) is -0.135. The number of ether oxygens (including phenoxy) is 1. The van der Waals surface area contributed by atoms with Crippen LogP contribution in [0.5, 0.6) is 5.75 Å². The molecule has 0 heterocycles. The van der Waals surface area contributed by atoms with E-state index in [4.69, 9.17) is 39.5 Å². The van der Waals surface area contributed by atoms with Crippen molar-refractivity contribution in [2.24, 2.45) is 0 Å². The molecule has 0 fully saturated rings. The highest BCUT2D eigenvalue weighted by Gasteiger charge is 2.31. The number of amides is 2. The van der Waals surface area contributed by atoms with E-state index in [0.29, 0.717) is 39.3 Å². The van der Waals surface area contributed by atoms with Crippen LogP contribution in [-0.2, 0) is 22.6 Å². The second-order valence-corrected chi connectivity index (χ2v) is 9.24. The minimum atomic E-state index is -0.798. The van der Waals surface area contributed by atoms with Gasteiger partial charge in [0.25, 0.3) is 5.91 Å². The van der Waals surface area contributed by atoms with Crippen LogP contribution in [0.1, 0.15) is 23.6 Å². The van der Waals surface area contributed by atoms with Gasteiger partial charge in [-0.2, -0.15) is 0 Å². The highest BCUT2D eigenvalue weighted by Crippen LogP contribution is 2.27. The van der Waals surface area contributed by atoms with Crippen molar-refractivity contribution in [3.63, 3.8) is 0 Å². The van der Waals surface area contributed by atoms with Crippen LogP contribution in [0.3, 0.4) is 0 Å². The Bertz CT molecular complexity index is 1150. The van der Waals surface area contributed by atoms with Crippen LogP contribution in [-0.4, -0.2) is 35.9 Å². The van der Waals surface area contributed by atoms with Gasteiger partial charge in [0.1, 0.15) is 11.8 Å². The number of nitrogens with zero attached hydrogens (tertiary/aromatic N) is 1. The summed E-state index contributed by atoms with van der Waals surface area (Å²) in [5, 5.41) is 4.29. The lowest BCUT2D eigenvalue weighted by atomic mass is 10.0. The van der Waals surface area contributed by atoms with Crippen molar-refractivity contribution in [2.75, 3.05) is 13.2 Å². The topological polar surface area (TPSA) is 58.6 Å². The largest absolute Gasteiger partial charge is 0.484 e. The average molecular weight is 534 g/mol. The number of rotatable bonds is 10. The quantitative estimate of drug-likeness (QED) is 0.342. The fraction of sp³-hybridized carbons (Fsp3) is 0.259. The first-order valence-electron chi connectivity index (χ1n) is 11.2. The number of likely N-dealkylation sites (N-methyl/N-ethyl adjacent to an activating group) is 1. The van der Waals surface area contributed by atoms with Crippen molar-refractivity contribution < 1.29 is 14.3 Å². The highest BCUT2D eigenvalue weighted by molar-refractivity contribution is 6.36. The van der Waals surface area contributed by atoms with Gasteiger partial charge in [0, 0.05) is 40.1 Å². The Morgan fingerprint density at radius 3 is 2.26 bits per heavy atom. The van der Waals surface area contributed by atoms with Crippen molar-refractivity contribution in [3.05, 3.63) is 98.5 Å². The monoisotopic (exact) mass is 532 g/mol. The molecule has 0 saturated heterocycles. The third-order valence-corrected chi connectivity index (χ3v) is 6.64. The summed E-state index contributed by atoms with van der Waals surface area (Å²) in [6, 6.07) is 19.1. The number of aryl methyl sites for hydroxylation is 1. The Hall–Kier alpha value is -2.73. The molecule has 0 radical (unpaired) electrons.